The van der Waals surface area contributed by atoms with Gasteiger partial charge in [0.2, 0.25) is 5.88 Å². The van der Waals surface area contributed by atoms with Gasteiger partial charge in [0, 0.05) is 0 Å². The van der Waals surface area contributed by atoms with Crippen molar-refractivity contribution in [3.63, 3.8) is 0 Å². The van der Waals surface area contributed by atoms with Gasteiger partial charge in [-0.25, -0.2) is 9.03 Å². The Labute approximate surface area is 145 Å². The summed E-state index contributed by atoms with van der Waals surface area (Å²) >= 11 is 0. The molecule has 0 saturated heterocycles. The predicted molar refractivity (Wildman–Crippen MR) is 92.1 cm³/mol. The highest BCUT2D eigenvalue weighted by Crippen LogP contribution is 2.33. The van der Waals surface area contributed by atoms with Crippen molar-refractivity contribution in [2.24, 2.45) is 0 Å². The minimum atomic E-state index is -3.96. The van der Waals surface area contributed by atoms with E-state index in [-0.39, 0.29) is 11.4 Å². The van der Waals surface area contributed by atoms with Gasteiger partial charge in [0.25, 0.3) is 0 Å². The van der Waals surface area contributed by atoms with Crippen LogP contribution < -0.4 is 9.03 Å². The van der Waals surface area contributed by atoms with Crippen LogP contribution in [0.2, 0.25) is 0 Å². The summed E-state index contributed by atoms with van der Waals surface area (Å²) < 4.78 is 26.4. The summed E-state index contributed by atoms with van der Waals surface area (Å²) in [6.45, 7) is 1.93. The van der Waals surface area contributed by atoms with Crippen molar-refractivity contribution >= 4 is 15.9 Å². The van der Waals surface area contributed by atoms with Crippen LogP contribution in [0.1, 0.15) is 22.3 Å². The highest BCUT2D eigenvalue weighted by molar-refractivity contribution is 7.91. The molecule has 8 heteroatoms. The standard InChI is InChI=1S/C17H15N3O4S/c1-11-2-4-13(9-18)14(6-11)7-12-3-5-15(16(21)8-12)20-10-17(22)19-25(20,23)24/h2-6,8,10,19,21-22H,7H2,1H3. The van der Waals surface area contributed by atoms with E-state index in [1.54, 1.807) is 12.1 Å². The lowest BCUT2D eigenvalue weighted by Crippen LogP contribution is -2.29. The average Bonchev–Trinajstić information content (AvgIpc) is 2.80. The summed E-state index contributed by atoms with van der Waals surface area (Å²) in [4.78, 5) is 0. The number of rotatable bonds is 3. The molecule has 0 radical (unpaired) electrons. The molecule has 0 aromatic heterocycles. The van der Waals surface area contributed by atoms with E-state index >= 15 is 0 Å². The summed E-state index contributed by atoms with van der Waals surface area (Å²) in [5.74, 6) is -0.776. The maximum Gasteiger partial charge on any atom is 0.330 e. The Morgan fingerprint density at radius 1 is 1.20 bits per heavy atom. The molecule has 0 saturated carbocycles. The third-order valence-corrected chi connectivity index (χ3v) is 5.07. The first-order valence-corrected chi connectivity index (χ1v) is 8.78. The van der Waals surface area contributed by atoms with E-state index in [4.69, 9.17) is 0 Å². The summed E-state index contributed by atoms with van der Waals surface area (Å²) in [6.07, 6.45) is 1.39. The Morgan fingerprint density at radius 3 is 2.56 bits per heavy atom. The van der Waals surface area contributed by atoms with Gasteiger partial charge >= 0.3 is 10.2 Å². The first-order valence-electron chi connectivity index (χ1n) is 7.34. The summed E-state index contributed by atoms with van der Waals surface area (Å²) in [5.41, 5.74) is 3.13. The fourth-order valence-corrected chi connectivity index (χ4v) is 3.72. The monoisotopic (exact) mass is 357 g/mol. The number of phenolic OH excluding ortho intramolecular Hbond substituents is 1. The predicted octanol–water partition coefficient (Wildman–Crippen LogP) is 2.17. The molecular weight excluding hydrogens is 342 g/mol. The number of hydrogen-bond acceptors (Lipinski definition) is 5. The molecule has 1 heterocycles. The van der Waals surface area contributed by atoms with Gasteiger partial charge in [0.05, 0.1) is 17.8 Å². The maximum atomic E-state index is 11.9. The Bertz CT molecular complexity index is 1020. The van der Waals surface area contributed by atoms with Gasteiger partial charge in [-0.2, -0.15) is 13.7 Å². The number of aliphatic hydroxyl groups excluding tert-OH is 1. The second kappa shape index (κ2) is 6.03. The van der Waals surface area contributed by atoms with Crippen LogP contribution in [0.5, 0.6) is 5.75 Å². The molecule has 0 fully saturated rings. The molecule has 2 aromatic rings. The lowest BCUT2D eigenvalue weighted by molar-refractivity contribution is 0.392. The number of aromatic hydroxyl groups is 1. The fraction of sp³-hybridized carbons (Fsp3) is 0.118. The van der Waals surface area contributed by atoms with Gasteiger partial charge in [-0.3, -0.25) is 0 Å². The normalized spacial score (nSPS) is 15.4. The number of benzene rings is 2. The number of aryl methyl sites for hydroxylation is 1. The van der Waals surface area contributed by atoms with Crippen molar-refractivity contribution < 1.29 is 18.6 Å². The summed E-state index contributed by atoms with van der Waals surface area (Å²) in [7, 11) is -3.96. The Hall–Kier alpha value is -3.18. The van der Waals surface area contributed by atoms with Gasteiger partial charge in [-0.1, -0.05) is 23.8 Å². The summed E-state index contributed by atoms with van der Waals surface area (Å²) in [6, 6.07) is 12.2. The van der Waals surface area contributed by atoms with Crippen molar-refractivity contribution in [3.8, 4) is 11.8 Å². The van der Waals surface area contributed by atoms with E-state index in [1.807, 2.05) is 23.8 Å². The Balaban J connectivity index is 1.94. The highest BCUT2D eigenvalue weighted by atomic mass is 32.2. The summed E-state index contributed by atoms with van der Waals surface area (Å²) in [5, 5.41) is 28.8. The van der Waals surface area contributed by atoms with Crippen molar-refractivity contribution in [1.82, 2.24) is 4.72 Å². The smallest absolute Gasteiger partial charge is 0.330 e. The Morgan fingerprint density at radius 2 is 1.96 bits per heavy atom. The van der Waals surface area contributed by atoms with E-state index in [1.165, 1.54) is 12.1 Å². The number of hydrogen-bond donors (Lipinski definition) is 3. The zero-order chi connectivity index (χ0) is 18.2. The molecule has 3 rings (SSSR count). The van der Waals surface area contributed by atoms with Crippen LogP contribution in [-0.4, -0.2) is 18.6 Å². The lowest BCUT2D eigenvalue weighted by atomic mass is 9.98. The maximum absolute atomic E-state index is 11.9. The number of nitrogens with zero attached hydrogens (tertiary/aromatic N) is 2. The third kappa shape index (κ3) is 3.22. The van der Waals surface area contributed by atoms with Crippen molar-refractivity contribution in [2.45, 2.75) is 13.3 Å². The zero-order valence-corrected chi connectivity index (χ0v) is 14.1. The van der Waals surface area contributed by atoms with E-state index < -0.39 is 16.1 Å². The number of nitriles is 1. The van der Waals surface area contributed by atoms with Crippen LogP contribution >= 0.6 is 0 Å². The largest absolute Gasteiger partial charge is 0.506 e. The molecule has 128 valence electrons. The minimum Gasteiger partial charge on any atom is -0.506 e. The topological polar surface area (TPSA) is 114 Å². The molecule has 25 heavy (non-hydrogen) atoms. The molecule has 3 N–H and O–H groups in total. The molecule has 0 unspecified atom stereocenters. The van der Waals surface area contributed by atoms with Gasteiger partial charge in [0.15, 0.2) is 0 Å². The number of anilines is 1. The van der Waals surface area contributed by atoms with Gasteiger partial charge < -0.3 is 10.2 Å². The molecule has 7 nitrogen and oxygen atoms in total. The van der Waals surface area contributed by atoms with E-state index in [9.17, 15) is 23.9 Å². The molecule has 0 amide bonds. The minimum absolute atomic E-state index is 0.0186. The molecule has 0 atom stereocenters. The van der Waals surface area contributed by atoms with Crippen molar-refractivity contribution in [1.29, 1.82) is 5.26 Å². The quantitative estimate of drug-likeness (QED) is 0.779. The van der Waals surface area contributed by atoms with Crippen LogP contribution in [0.4, 0.5) is 5.69 Å². The SMILES string of the molecule is Cc1ccc(C#N)c(Cc2ccc(N3C=C(O)NS3(=O)=O)c(O)c2)c1. The van der Waals surface area contributed by atoms with Crippen LogP contribution in [0, 0.1) is 18.3 Å². The number of aliphatic hydroxyl groups is 1. The highest BCUT2D eigenvalue weighted by Gasteiger charge is 2.30. The second-order valence-electron chi connectivity index (χ2n) is 5.69. The Kier molecular flexibility index (Phi) is 4.02. The second-order valence-corrected chi connectivity index (χ2v) is 7.24. The van der Waals surface area contributed by atoms with E-state index in [0.29, 0.717) is 12.0 Å². The molecule has 0 spiro atoms. The first kappa shape index (κ1) is 16.7. The molecule has 2 aromatic carbocycles. The zero-order valence-electron chi connectivity index (χ0n) is 13.3. The van der Waals surface area contributed by atoms with Crippen molar-refractivity contribution in [3.05, 3.63) is 70.7 Å². The van der Waals surface area contributed by atoms with Crippen molar-refractivity contribution in [2.75, 3.05) is 4.31 Å². The van der Waals surface area contributed by atoms with Crippen LogP contribution in [0.25, 0.3) is 0 Å². The number of nitrogens with one attached hydrogen (secondary N) is 1. The molecule has 1 aliphatic rings. The van der Waals surface area contributed by atoms with Crippen LogP contribution in [0.3, 0.4) is 0 Å². The molecule has 1 aliphatic heterocycles. The molecule has 0 aliphatic carbocycles. The van der Waals surface area contributed by atoms with Crippen LogP contribution in [-0.2, 0) is 16.6 Å². The molecule has 0 bridgehead atoms. The van der Waals surface area contributed by atoms with Gasteiger partial charge in [-0.15, -0.1) is 0 Å². The van der Waals surface area contributed by atoms with Crippen LogP contribution in [0.15, 0.2) is 48.5 Å². The number of phenols is 1. The molecular formula is C17H15N3O4S. The lowest BCUT2D eigenvalue weighted by Gasteiger charge is -2.16. The van der Waals surface area contributed by atoms with Gasteiger partial charge in [-0.05, 0) is 42.7 Å². The third-order valence-electron chi connectivity index (χ3n) is 3.79. The first-order chi connectivity index (χ1) is 11.8. The average molecular weight is 357 g/mol. The van der Waals surface area contributed by atoms with Gasteiger partial charge in [0.1, 0.15) is 11.4 Å². The van der Waals surface area contributed by atoms with E-state index in [0.717, 1.165) is 27.2 Å². The van der Waals surface area contributed by atoms with E-state index in [2.05, 4.69) is 6.07 Å². The fourth-order valence-electron chi connectivity index (χ4n) is 2.65.